The maximum Gasteiger partial charge on any atom is 0.407 e. The molecule has 4 aromatic carbocycles. The van der Waals surface area contributed by atoms with Crippen molar-refractivity contribution < 1.29 is 23.2 Å². The van der Waals surface area contributed by atoms with Crippen LogP contribution in [-0.2, 0) is 39.5 Å². The first kappa shape index (κ1) is 47.5. The van der Waals surface area contributed by atoms with E-state index in [1.807, 2.05) is 65.8 Å². The highest BCUT2D eigenvalue weighted by atomic mass is 28.4. The van der Waals surface area contributed by atoms with Crippen molar-refractivity contribution in [1.82, 2.24) is 10.6 Å². The van der Waals surface area contributed by atoms with E-state index in [1.165, 1.54) is 11.1 Å². The third-order valence-electron chi connectivity index (χ3n) is 11.9. The van der Waals surface area contributed by atoms with Crippen molar-refractivity contribution in [2.24, 2.45) is 0 Å². The Morgan fingerprint density at radius 2 is 0.814 bits per heavy atom. The number of rotatable bonds is 16. The molecule has 320 valence electrons. The molecule has 9 heteroatoms. The van der Waals surface area contributed by atoms with E-state index < -0.39 is 40.0 Å². The monoisotopic (exact) mass is 836 g/mol. The van der Waals surface area contributed by atoms with Gasteiger partial charge < -0.3 is 24.2 Å². The van der Waals surface area contributed by atoms with Crippen LogP contribution in [0.2, 0.25) is 36.3 Å². The van der Waals surface area contributed by atoms with Crippen LogP contribution in [0.5, 0.6) is 0 Å². The number of hydrogen-bond donors (Lipinski definition) is 2. The number of ether oxygens (including phenoxy) is 2. The van der Waals surface area contributed by atoms with Crippen molar-refractivity contribution in [1.29, 1.82) is 0 Å². The molecule has 4 rings (SSSR count). The van der Waals surface area contributed by atoms with Gasteiger partial charge in [0.25, 0.3) is 0 Å². The summed E-state index contributed by atoms with van der Waals surface area (Å²) in [5.74, 6) is 0. The Morgan fingerprint density at radius 3 is 1.14 bits per heavy atom. The number of carbonyl (C=O) groups excluding carboxylic acids is 2. The molecule has 0 aliphatic carbocycles. The predicted molar refractivity (Wildman–Crippen MR) is 251 cm³/mol. The number of benzene rings is 4. The SMILES string of the molecule is CC(C)(C)OC(=O)NCc1cccc(-c2ccc(CCC(C)(C)[Si](C)(C)O[Si](C)(C)C(C)(C)CCc3ccc(-c4cccc(CNC(=O)OC(C)(C)C)c4)cc3)cc2)c1. The summed E-state index contributed by atoms with van der Waals surface area (Å²) in [4.78, 5) is 24.3. The third-order valence-corrected chi connectivity index (χ3v) is 23.0. The van der Waals surface area contributed by atoms with Crippen LogP contribution in [0.4, 0.5) is 9.59 Å². The Bertz CT molecular complexity index is 1860. The quantitative estimate of drug-likeness (QED) is 0.110. The molecule has 4 aromatic rings. The number of aryl methyl sites for hydroxylation is 2. The minimum absolute atomic E-state index is 0.0838. The van der Waals surface area contributed by atoms with Gasteiger partial charge in [0.05, 0.1) is 0 Å². The summed E-state index contributed by atoms with van der Waals surface area (Å²) in [5, 5.41) is 5.89. The Labute approximate surface area is 358 Å². The summed E-state index contributed by atoms with van der Waals surface area (Å²) < 4.78 is 18.2. The summed E-state index contributed by atoms with van der Waals surface area (Å²) in [6, 6.07) is 34.4. The summed E-state index contributed by atoms with van der Waals surface area (Å²) in [6.45, 7) is 31.4. The second kappa shape index (κ2) is 19.0. The van der Waals surface area contributed by atoms with Crippen molar-refractivity contribution >= 4 is 28.8 Å². The Hall–Kier alpha value is -4.19. The minimum atomic E-state index is -2.12. The molecule has 0 fully saturated rings. The fourth-order valence-corrected chi connectivity index (χ4v) is 15.6. The van der Waals surface area contributed by atoms with Gasteiger partial charge in [-0.1, -0.05) is 113 Å². The van der Waals surface area contributed by atoms with Crippen LogP contribution in [0, 0.1) is 0 Å². The van der Waals surface area contributed by atoms with Crippen molar-refractivity contribution in [3.05, 3.63) is 119 Å². The molecule has 2 N–H and O–H groups in total. The number of nitrogens with one attached hydrogen (secondary N) is 2. The largest absolute Gasteiger partial charge is 0.455 e. The normalized spacial score (nSPS) is 12.8. The second-order valence-electron chi connectivity index (χ2n) is 20.4. The fraction of sp³-hybridized carbons (Fsp3) is 0.480. The van der Waals surface area contributed by atoms with E-state index in [1.54, 1.807) is 0 Å². The van der Waals surface area contributed by atoms with Crippen LogP contribution in [0.1, 0.15) is 104 Å². The lowest BCUT2D eigenvalue weighted by molar-refractivity contribution is 0.0512. The van der Waals surface area contributed by atoms with Crippen LogP contribution < -0.4 is 10.6 Å². The molecule has 0 aliphatic rings. The number of amides is 2. The molecule has 0 saturated heterocycles. The molecule has 0 heterocycles. The van der Waals surface area contributed by atoms with Gasteiger partial charge in [-0.2, -0.15) is 0 Å². The molecule has 2 amide bonds. The maximum atomic E-state index is 12.2. The zero-order valence-corrected chi connectivity index (χ0v) is 40.5. The molecular formula is C50H72N2O5Si2. The van der Waals surface area contributed by atoms with Crippen LogP contribution in [0.25, 0.3) is 22.3 Å². The molecule has 0 aromatic heterocycles. The topological polar surface area (TPSA) is 85.9 Å². The van der Waals surface area contributed by atoms with Gasteiger partial charge in [-0.15, -0.1) is 0 Å². The molecule has 0 radical (unpaired) electrons. The van der Waals surface area contributed by atoms with Gasteiger partial charge in [-0.3, -0.25) is 0 Å². The first-order valence-electron chi connectivity index (χ1n) is 21.2. The Morgan fingerprint density at radius 1 is 0.475 bits per heavy atom. The number of alkyl carbamates (subject to hydrolysis) is 2. The van der Waals surface area contributed by atoms with Gasteiger partial charge in [-0.05, 0) is 160 Å². The van der Waals surface area contributed by atoms with E-state index in [0.29, 0.717) is 13.1 Å². The molecule has 0 spiro atoms. The summed E-state index contributed by atoms with van der Waals surface area (Å²) in [7, 11) is -4.24. The van der Waals surface area contributed by atoms with E-state index in [0.717, 1.165) is 59.1 Å². The summed E-state index contributed by atoms with van der Waals surface area (Å²) in [5.41, 5.74) is 8.25. The zero-order chi connectivity index (χ0) is 43.9. The van der Waals surface area contributed by atoms with E-state index in [2.05, 4.69) is 137 Å². The average Bonchev–Trinajstić information content (AvgIpc) is 3.13. The molecule has 7 nitrogen and oxygen atoms in total. The Kier molecular flexibility index (Phi) is 15.3. The van der Waals surface area contributed by atoms with Crippen molar-refractivity contribution in [2.45, 2.75) is 155 Å². The van der Waals surface area contributed by atoms with Gasteiger partial charge in [0.1, 0.15) is 11.2 Å². The highest BCUT2D eigenvalue weighted by molar-refractivity contribution is 6.87. The summed E-state index contributed by atoms with van der Waals surface area (Å²) in [6.07, 6.45) is 3.32. The molecule has 0 unspecified atom stereocenters. The molecular weight excluding hydrogens is 765 g/mol. The lowest BCUT2D eigenvalue weighted by atomic mass is 9.98. The lowest BCUT2D eigenvalue weighted by Crippen LogP contribution is -2.55. The van der Waals surface area contributed by atoms with Gasteiger partial charge in [0, 0.05) is 13.1 Å². The summed E-state index contributed by atoms with van der Waals surface area (Å²) >= 11 is 0. The van der Waals surface area contributed by atoms with E-state index in [4.69, 9.17) is 13.6 Å². The standard InChI is InChI=1S/C50H72N2O5Si2/c1-47(2,3)55-45(53)51-35-39-17-15-19-43(33-39)41-25-21-37(22-26-41)29-31-49(7,8)58(11,12)57-59(13,14)50(9,10)32-30-38-23-27-42(28-24-38)44-20-16-18-40(34-44)36-52-46(54)56-48(4,5)6/h15-28,33-34H,29-32,35-36H2,1-14H3,(H,51,53)(H,52,54). The van der Waals surface area contributed by atoms with E-state index >= 15 is 0 Å². The predicted octanol–water partition coefficient (Wildman–Crippen LogP) is 13.6. The van der Waals surface area contributed by atoms with E-state index in [-0.39, 0.29) is 10.1 Å². The van der Waals surface area contributed by atoms with Gasteiger partial charge in [0.2, 0.25) is 0 Å². The number of hydrogen-bond acceptors (Lipinski definition) is 5. The van der Waals surface area contributed by atoms with Gasteiger partial charge in [-0.25, -0.2) is 9.59 Å². The van der Waals surface area contributed by atoms with Crippen LogP contribution in [0.3, 0.4) is 0 Å². The zero-order valence-electron chi connectivity index (χ0n) is 38.5. The third kappa shape index (κ3) is 14.5. The van der Waals surface area contributed by atoms with Crippen LogP contribution >= 0.6 is 0 Å². The number of carbonyl (C=O) groups is 2. The Balaban J connectivity index is 1.30. The van der Waals surface area contributed by atoms with Crippen molar-refractivity contribution in [3.63, 3.8) is 0 Å². The highest BCUT2D eigenvalue weighted by Crippen LogP contribution is 2.49. The van der Waals surface area contributed by atoms with Crippen molar-refractivity contribution in [2.75, 3.05) is 0 Å². The molecule has 59 heavy (non-hydrogen) atoms. The minimum Gasteiger partial charge on any atom is -0.455 e. The maximum absolute atomic E-state index is 12.2. The smallest absolute Gasteiger partial charge is 0.407 e. The van der Waals surface area contributed by atoms with E-state index in [9.17, 15) is 9.59 Å². The second-order valence-corrected chi connectivity index (χ2v) is 30.0. The highest BCUT2D eigenvalue weighted by Gasteiger charge is 2.49. The first-order valence-corrected chi connectivity index (χ1v) is 27.1. The van der Waals surface area contributed by atoms with Gasteiger partial charge in [0.15, 0.2) is 16.6 Å². The molecule has 0 aliphatic heterocycles. The van der Waals surface area contributed by atoms with Crippen LogP contribution in [-0.4, -0.2) is 40.0 Å². The van der Waals surface area contributed by atoms with Gasteiger partial charge >= 0.3 is 12.2 Å². The van der Waals surface area contributed by atoms with Crippen molar-refractivity contribution in [3.8, 4) is 22.3 Å². The average molecular weight is 837 g/mol. The lowest BCUT2D eigenvalue weighted by Gasteiger charge is -2.49. The first-order chi connectivity index (χ1) is 27.2. The molecule has 0 atom stereocenters. The van der Waals surface area contributed by atoms with Crippen LogP contribution in [0.15, 0.2) is 97.1 Å². The molecule has 0 saturated carbocycles. The fourth-order valence-electron chi connectivity index (χ4n) is 6.86. The molecule has 0 bridgehead atoms.